The summed E-state index contributed by atoms with van der Waals surface area (Å²) >= 11 is 0. The lowest BCUT2D eigenvalue weighted by atomic mass is 10.1. The van der Waals surface area contributed by atoms with Gasteiger partial charge in [-0.15, -0.1) is 24.8 Å². The lowest BCUT2D eigenvalue weighted by molar-refractivity contribution is -0.126. The molecule has 6 nitrogen and oxygen atoms in total. The number of hydrogen-bond donors (Lipinski definition) is 2. The van der Waals surface area contributed by atoms with Crippen molar-refractivity contribution in [3.8, 4) is 11.5 Å². The Bertz CT molecular complexity index is 568. The zero-order valence-corrected chi connectivity index (χ0v) is 16.3. The molecule has 2 aliphatic rings. The first-order chi connectivity index (χ1) is 11.1. The number of nitrogens with one attached hydrogen (secondary N) is 2. The summed E-state index contributed by atoms with van der Waals surface area (Å²) in [6, 6.07) is 5.66. The third kappa shape index (κ3) is 5.38. The van der Waals surface area contributed by atoms with Gasteiger partial charge in [0, 0.05) is 26.2 Å². The molecule has 1 fully saturated rings. The molecule has 1 amide bonds. The van der Waals surface area contributed by atoms with Gasteiger partial charge in [-0.2, -0.15) is 0 Å². The number of carbonyl (C=O) groups is 1. The van der Waals surface area contributed by atoms with E-state index in [9.17, 15) is 4.79 Å². The van der Waals surface area contributed by atoms with Crippen LogP contribution in [-0.2, 0) is 4.79 Å². The molecular weight excluding hydrogens is 365 g/mol. The van der Waals surface area contributed by atoms with Crippen molar-refractivity contribution in [2.75, 3.05) is 39.4 Å². The number of rotatable bonds is 4. The van der Waals surface area contributed by atoms with Gasteiger partial charge in [0.1, 0.15) is 13.2 Å². The molecule has 2 N–H and O–H groups in total. The fourth-order valence-corrected chi connectivity index (χ4v) is 2.98. The van der Waals surface area contributed by atoms with E-state index in [4.69, 9.17) is 9.47 Å². The van der Waals surface area contributed by atoms with Crippen LogP contribution in [0.3, 0.4) is 0 Å². The molecule has 0 aromatic heterocycles. The van der Waals surface area contributed by atoms with Crippen LogP contribution in [-0.4, -0.2) is 56.2 Å². The van der Waals surface area contributed by atoms with Crippen molar-refractivity contribution in [1.29, 1.82) is 0 Å². The van der Waals surface area contributed by atoms with Crippen LogP contribution in [0.4, 0.5) is 0 Å². The molecule has 25 heavy (non-hydrogen) atoms. The topological polar surface area (TPSA) is 62.8 Å². The second-order valence-corrected chi connectivity index (χ2v) is 6.10. The predicted molar refractivity (Wildman–Crippen MR) is 102 cm³/mol. The van der Waals surface area contributed by atoms with E-state index >= 15 is 0 Å². The van der Waals surface area contributed by atoms with Crippen LogP contribution >= 0.6 is 24.8 Å². The molecule has 2 unspecified atom stereocenters. The summed E-state index contributed by atoms with van der Waals surface area (Å²) in [6.45, 7) is 8.81. The fraction of sp³-hybridized carbons (Fsp3) is 0.588. The molecule has 2 atom stereocenters. The number of carbonyl (C=O) groups excluding carboxylic acids is 1. The number of fused-ring (bicyclic) bond motifs is 1. The quantitative estimate of drug-likeness (QED) is 0.818. The summed E-state index contributed by atoms with van der Waals surface area (Å²) in [5.74, 6) is 1.59. The maximum atomic E-state index is 12.5. The van der Waals surface area contributed by atoms with Gasteiger partial charge in [-0.05, 0) is 31.5 Å². The van der Waals surface area contributed by atoms with Gasteiger partial charge in [-0.1, -0.05) is 6.07 Å². The lowest BCUT2D eigenvalue weighted by Crippen LogP contribution is -2.52. The van der Waals surface area contributed by atoms with Gasteiger partial charge in [-0.3, -0.25) is 9.69 Å². The van der Waals surface area contributed by atoms with Crippen LogP contribution in [0, 0.1) is 0 Å². The Labute approximate surface area is 161 Å². The van der Waals surface area contributed by atoms with Crippen molar-refractivity contribution in [2.45, 2.75) is 25.9 Å². The van der Waals surface area contributed by atoms with Gasteiger partial charge < -0.3 is 20.1 Å². The summed E-state index contributed by atoms with van der Waals surface area (Å²) in [6.07, 6.45) is 0. The zero-order valence-electron chi connectivity index (χ0n) is 14.6. The first-order valence-electron chi connectivity index (χ1n) is 8.30. The molecule has 0 radical (unpaired) electrons. The smallest absolute Gasteiger partial charge is 0.237 e. The van der Waals surface area contributed by atoms with Gasteiger partial charge >= 0.3 is 0 Å². The normalized spacial score (nSPS) is 19.0. The molecule has 2 heterocycles. The highest BCUT2D eigenvalue weighted by Gasteiger charge is 2.24. The Kier molecular flexibility index (Phi) is 8.79. The summed E-state index contributed by atoms with van der Waals surface area (Å²) < 4.78 is 11.1. The van der Waals surface area contributed by atoms with Crippen molar-refractivity contribution in [2.24, 2.45) is 0 Å². The Morgan fingerprint density at radius 3 is 2.44 bits per heavy atom. The Balaban J connectivity index is 0.00000156. The molecule has 8 heteroatoms. The van der Waals surface area contributed by atoms with E-state index in [1.165, 1.54) is 0 Å². The summed E-state index contributed by atoms with van der Waals surface area (Å²) in [5.41, 5.74) is 1.02. The molecule has 1 aromatic carbocycles. The van der Waals surface area contributed by atoms with Gasteiger partial charge in [0.25, 0.3) is 0 Å². The number of hydrogen-bond acceptors (Lipinski definition) is 5. The number of piperazine rings is 1. The minimum Gasteiger partial charge on any atom is -0.486 e. The number of amides is 1. The Hall–Kier alpha value is -1.21. The van der Waals surface area contributed by atoms with Crippen LogP contribution < -0.4 is 20.1 Å². The van der Waals surface area contributed by atoms with Gasteiger partial charge in [0.15, 0.2) is 11.5 Å². The van der Waals surface area contributed by atoms with Crippen LogP contribution in [0.2, 0.25) is 0 Å². The second kappa shape index (κ2) is 10.1. The maximum Gasteiger partial charge on any atom is 0.237 e. The van der Waals surface area contributed by atoms with Crippen molar-refractivity contribution in [3.63, 3.8) is 0 Å². The standard InChI is InChI=1S/C17H25N3O3.2ClH/c1-12(14-3-4-15-16(11-14)23-10-9-22-15)19-17(21)13(2)20-7-5-18-6-8-20;;/h3-4,11-13,18H,5-10H2,1-2H3,(H,19,21);2*1H. The van der Waals surface area contributed by atoms with Gasteiger partial charge in [-0.25, -0.2) is 0 Å². The van der Waals surface area contributed by atoms with Crippen LogP contribution in [0.5, 0.6) is 11.5 Å². The lowest BCUT2D eigenvalue weighted by Gasteiger charge is -2.32. The van der Waals surface area contributed by atoms with Crippen LogP contribution in [0.25, 0.3) is 0 Å². The first kappa shape index (κ1) is 21.8. The highest BCUT2D eigenvalue weighted by Crippen LogP contribution is 2.32. The first-order valence-corrected chi connectivity index (χ1v) is 8.30. The number of halogens is 2. The fourth-order valence-electron chi connectivity index (χ4n) is 2.98. The number of nitrogens with zero attached hydrogens (tertiary/aromatic N) is 1. The van der Waals surface area contributed by atoms with E-state index in [2.05, 4.69) is 15.5 Å². The van der Waals surface area contributed by atoms with Crippen molar-refractivity contribution in [3.05, 3.63) is 23.8 Å². The monoisotopic (exact) mass is 391 g/mol. The Morgan fingerprint density at radius 1 is 1.12 bits per heavy atom. The van der Waals surface area contributed by atoms with E-state index < -0.39 is 0 Å². The zero-order chi connectivity index (χ0) is 16.2. The maximum absolute atomic E-state index is 12.5. The van der Waals surface area contributed by atoms with E-state index in [1.54, 1.807) is 0 Å². The number of benzene rings is 1. The van der Waals surface area contributed by atoms with Gasteiger partial charge in [0.05, 0.1) is 12.1 Å². The molecule has 0 bridgehead atoms. The third-order valence-corrected chi connectivity index (χ3v) is 4.50. The molecule has 142 valence electrons. The Morgan fingerprint density at radius 2 is 1.76 bits per heavy atom. The van der Waals surface area contributed by atoms with Crippen molar-refractivity contribution >= 4 is 30.7 Å². The largest absolute Gasteiger partial charge is 0.486 e. The highest BCUT2D eigenvalue weighted by molar-refractivity contribution is 5.85. The van der Waals surface area contributed by atoms with E-state index in [1.807, 2.05) is 32.0 Å². The molecule has 1 aromatic rings. The minimum absolute atomic E-state index is 0. The SMILES string of the molecule is CC(NC(=O)C(C)N1CCNCC1)c1ccc2c(c1)OCCO2.Cl.Cl. The number of ether oxygens (including phenoxy) is 2. The molecule has 2 aliphatic heterocycles. The van der Waals surface area contributed by atoms with Crippen LogP contribution in [0.15, 0.2) is 18.2 Å². The average molecular weight is 392 g/mol. The molecule has 0 spiro atoms. The average Bonchev–Trinajstić information content (AvgIpc) is 2.61. The molecular formula is C17H27Cl2N3O3. The summed E-state index contributed by atoms with van der Waals surface area (Å²) in [5, 5.41) is 6.41. The highest BCUT2D eigenvalue weighted by atomic mass is 35.5. The van der Waals surface area contributed by atoms with Gasteiger partial charge in [0.2, 0.25) is 5.91 Å². The van der Waals surface area contributed by atoms with E-state index in [0.29, 0.717) is 13.2 Å². The van der Waals surface area contributed by atoms with Crippen LogP contribution in [0.1, 0.15) is 25.5 Å². The molecule has 0 saturated carbocycles. The van der Waals surface area contributed by atoms with E-state index in [-0.39, 0.29) is 42.8 Å². The predicted octanol–water partition coefficient (Wildman–Crippen LogP) is 1.77. The molecule has 3 rings (SSSR count). The second-order valence-electron chi connectivity index (χ2n) is 6.10. The van der Waals surface area contributed by atoms with E-state index in [0.717, 1.165) is 43.2 Å². The minimum atomic E-state index is -0.114. The van der Waals surface area contributed by atoms with Crippen molar-refractivity contribution < 1.29 is 14.3 Å². The third-order valence-electron chi connectivity index (χ3n) is 4.50. The summed E-state index contributed by atoms with van der Waals surface area (Å²) in [4.78, 5) is 14.7. The summed E-state index contributed by atoms with van der Waals surface area (Å²) in [7, 11) is 0. The molecule has 0 aliphatic carbocycles. The van der Waals surface area contributed by atoms with Crippen molar-refractivity contribution in [1.82, 2.24) is 15.5 Å². The molecule has 1 saturated heterocycles.